The largest absolute Gasteiger partial charge is 0.461 e. The molecule has 4 rings (SSSR count). The van der Waals surface area contributed by atoms with Gasteiger partial charge in [0.1, 0.15) is 12.2 Å². The highest BCUT2D eigenvalue weighted by Gasteiger charge is 2.50. The molecule has 9 nitrogen and oxygen atoms in total. The van der Waals surface area contributed by atoms with E-state index in [1.165, 1.54) is 0 Å². The zero-order valence-corrected chi connectivity index (χ0v) is 32.9. The number of esters is 2. The topological polar surface area (TPSA) is 94.6 Å². The van der Waals surface area contributed by atoms with E-state index < -0.39 is 28.2 Å². The quantitative estimate of drug-likeness (QED) is 0.102. The van der Waals surface area contributed by atoms with Crippen LogP contribution in [-0.2, 0) is 35.0 Å². The van der Waals surface area contributed by atoms with Gasteiger partial charge in [-0.25, -0.2) is 0 Å². The van der Waals surface area contributed by atoms with Crippen LogP contribution in [0.3, 0.4) is 0 Å². The van der Waals surface area contributed by atoms with Crippen LogP contribution in [0, 0.1) is 5.41 Å². The number of hydrogen-bond donors (Lipinski definition) is 0. The molecular formula is C39H55BCl2N2O7. The second-order valence-electron chi connectivity index (χ2n) is 15.9. The first-order valence-electron chi connectivity index (χ1n) is 18.2. The Bertz CT molecular complexity index is 1480. The lowest BCUT2D eigenvalue weighted by molar-refractivity contribution is -0.174. The van der Waals surface area contributed by atoms with E-state index in [-0.39, 0.29) is 32.0 Å². The number of carbonyl (C=O) groups excluding carboxylic acids is 3. The zero-order valence-electron chi connectivity index (χ0n) is 31.4. The van der Waals surface area contributed by atoms with Gasteiger partial charge in [0, 0.05) is 31.7 Å². The molecule has 2 aromatic carbocycles. The molecule has 0 saturated carbocycles. The Hall–Kier alpha value is -2.63. The number of hydrogen-bond acceptors (Lipinski definition) is 8. The van der Waals surface area contributed by atoms with Gasteiger partial charge in [-0.05, 0) is 104 Å². The summed E-state index contributed by atoms with van der Waals surface area (Å²) in [5.41, 5.74) is -1.23. The molecule has 0 aromatic heterocycles. The Morgan fingerprint density at radius 3 is 2.08 bits per heavy atom. The molecule has 12 heteroatoms. The normalized spacial score (nSPS) is 18.7. The van der Waals surface area contributed by atoms with Gasteiger partial charge in [-0.3, -0.25) is 19.3 Å². The van der Waals surface area contributed by atoms with Gasteiger partial charge in [0.25, 0.3) is 5.91 Å². The van der Waals surface area contributed by atoms with Crippen LogP contribution in [0.5, 0.6) is 0 Å². The van der Waals surface area contributed by atoms with E-state index in [1.807, 2.05) is 83.7 Å². The number of ether oxygens (including phenoxy) is 2. The maximum Gasteiger partial charge on any atom is 0.457 e. The van der Waals surface area contributed by atoms with Gasteiger partial charge in [0.05, 0.1) is 33.1 Å². The van der Waals surface area contributed by atoms with E-state index in [9.17, 15) is 14.4 Å². The number of nitrogens with zero attached hydrogens (tertiary/aromatic N) is 2. The minimum atomic E-state index is -1.07. The Balaban J connectivity index is 1.42. The van der Waals surface area contributed by atoms with Crippen molar-refractivity contribution in [2.75, 3.05) is 32.7 Å². The maximum atomic E-state index is 14.1. The number of carbonyl (C=O) groups is 3. The molecule has 2 aliphatic heterocycles. The van der Waals surface area contributed by atoms with Crippen LogP contribution < -0.4 is 0 Å². The Labute approximate surface area is 314 Å². The number of piperazine rings is 1. The Morgan fingerprint density at radius 1 is 0.843 bits per heavy atom. The Morgan fingerprint density at radius 2 is 1.47 bits per heavy atom. The molecule has 0 N–H and O–H groups in total. The van der Waals surface area contributed by atoms with Gasteiger partial charge in [-0.15, -0.1) is 0 Å². The van der Waals surface area contributed by atoms with Crippen molar-refractivity contribution in [2.24, 2.45) is 5.41 Å². The van der Waals surface area contributed by atoms with Crippen LogP contribution in [0.2, 0.25) is 16.4 Å². The van der Waals surface area contributed by atoms with Gasteiger partial charge in [0.15, 0.2) is 0 Å². The first-order chi connectivity index (χ1) is 23.9. The Kier molecular flexibility index (Phi) is 14.1. The van der Waals surface area contributed by atoms with Gasteiger partial charge in [-0.1, -0.05) is 66.4 Å². The fourth-order valence-electron chi connectivity index (χ4n) is 6.51. The molecule has 2 saturated heterocycles. The molecule has 1 amide bonds. The summed E-state index contributed by atoms with van der Waals surface area (Å²) >= 11 is 12.2. The van der Waals surface area contributed by atoms with Gasteiger partial charge in [0.2, 0.25) is 0 Å². The third-order valence-corrected chi connectivity index (χ3v) is 10.9. The van der Waals surface area contributed by atoms with Crippen LogP contribution in [0.4, 0.5) is 0 Å². The molecule has 0 aliphatic carbocycles. The maximum absolute atomic E-state index is 14.1. The summed E-state index contributed by atoms with van der Waals surface area (Å²) in [7, 11) is -0.330. The molecule has 51 heavy (non-hydrogen) atoms. The van der Waals surface area contributed by atoms with E-state index in [0.717, 1.165) is 12.0 Å². The second-order valence-corrected chi connectivity index (χ2v) is 16.7. The SMILES string of the molecule is CC(C)(C)OC(=O)C(CCCCB1OC(C)(C)C(C)(C)O1)(CCCN1CCN(C(=O)c2ccc(Cl)c(Cl)c2)CC1)CC(=O)OCc1ccccc1. The highest BCUT2D eigenvalue weighted by Crippen LogP contribution is 2.41. The third kappa shape index (κ3) is 11.7. The standard InChI is InChI=1S/C39H55BCl2N2O7/c1-36(2,3)49-35(47)39(27-33(45)48-28-29-14-9-8-10-15-29,18-11-12-20-40-50-37(4,5)38(6,7)51-40)19-13-21-43-22-24-44(25-23-43)34(46)30-16-17-31(41)32(42)26-30/h8-10,14-17,26H,11-13,18-25,27-28H2,1-7H3. The van der Waals surface area contributed by atoms with Crippen molar-refractivity contribution < 1.29 is 33.2 Å². The van der Waals surface area contributed by atoms with E-state index in [2.05, 4.69) is 4.90 Å². The second kappa shape index (κ2) is 17.5. The van der Waals surface area contributed by atoms with Crippen molar-refractivity contribution in [3.63, 3.8) is 0 Å². The lowest BCUT2D eigenvalue weighted by atomic mass is 9.74. The molecule has 2 heterocycles. The summed E-state index contributed by atoms with van der Waals surface area (Å²) in [6, 6.07) is 14.5. The molecule has 0 bridgehead atoms. The van der Waals surface area contributed by atoms with E-state index in [0.29, 0.717) is 80.3 Å². The number of unbranched alkanes of at least 4 members (excludes halogenated alkanes) is 1. The number of benzene rings is 2. The smallest absolute Gasteiger partial charge is 0.457 e. The van der Waals surface area contributed by atoms with E-state index in [1.54, 1.807) is 18.2 Å². The first kappa shape index (κ1) is 41.1. The summed E-state index contributed by atoms with van der Waals surface area (Å²) in [6.45, 7) is 17.1. The van der Waals surface area contributed by atoms with Crippen molar-refractivity contribution in [2.45, 2.75) is 117 Å². The fourth-order valence-corrected chi connectivity index (χ4v) is 6.81. The van der Waals surface area contributed by atoms with Crippen LogP contribution in [0.25, 0.3) is 0 Å². The number of amides is 1. The highest BCUT2D eigenvalue weighted by molar-refractivity contribution is 6.45. The van der Waals surface area contributed by atoms with Crippen LogP contribution in [-0.4, -0.2) is 84.3 Å². The number of halogens is 2. The third-order valence-electron chi connectivity index (χ3n) is 10.2. The minimum Gasteiger partial charge on any atom is -0.461 e. The van der Waals surface area contributed by atoms with Crippen molar-refractivity contribution in [1.82, 2.24) is 9.80 Å². The van der Waals surface area contributed by atoms with Gasteiger partial charge >= 0.3 is 19.1 Å². The first-order valence-corrected chi connectivity index (χ1v) is 18.9. The lowest BCUT2D eigenvalue weighted by Gasteiger charge is -2.37. The predicted octanol–water partition coefficient (Wildman–Crippen LogP) is 8.26. The highest BCUT2D eigenvalue weighted by atomic mass is 35.5. The summed E-state index contributed by atoms with van der Waals surface area (Å²) in [6.07, 6.45) is 3.65. The molecule has 280 valence electrons. The van der Waals surface area contributed by atoms with Crippen molar-refractivity contribution in [1.29, 1.82) is 0 Å². The average molecular weight is 746 g/mol. The molecule has 2 fully saturated rings. The summed E-state index contributed by atoms with van der Waals surface area (Å²) < 4.78 is 24.2. The summed E-state index contributed by atoms with van der Waals surface area (Å²) in [4.78, 5) is 44.8. The van der Waals surface area contributed by atoms with Gasteiger partial charge < -0.3 is 23.7 Å². The number of rotatable bonds is 15. The molecule has 2 aliphatic rings. The molecule has 1 unspecified atom stereocenters. The monoisotopic (exact) mass is 744 g/mol. The lowest BCUT2D eigenvalue weighted by Crippen LogP contribution is -2.49. The predicted molar refractivity (Wildman–Crippen MR) is 202 cm³/mol. The van der Waals surface area contributed by atoms with Crippen LogP contribution in [0.15, 0.2) is 48.5 Å². The fraction of sp³-hybridized carbons (Fsp3) is 0.615. The summed E-state index contributed by atoms with van der Waals surface area (Å²) in [5.74, 6) is -0.879. The van der Waals surface area contributed by atoms with E-state index in [4.69, 9.17) is 42.0 Å². The van der Waals surface area contributed by atoms with Crippen molar-refractivity contribution in [3.8, 4) is 0 Å². The zero-order chi connectivity index (χ0) is 37.5. The minimum absolute atomic E-state index is 0.0723. The van der Waals surface area contributed by atoms with Crippen LogP contribution in [0.1, 0.15) is 103 Å². The molecule has 0 radical (unpaired) electrons. The molecule has 0 spiro atoms. The van der Waals surface area contributed by atoms with Crippen molar-refractivity contribution in [3.05, 3.63) is 69.7 Å². The van der Waals surface area contributed by atoms with Crippen LogP contribution >= 0.6 is 23.2 Å². The molecular weight excluding hydrogens is 690 g/mol. The average Bonchev–Trinajstić information content (AvgIpc) is 3.27. The molecule has 1 atom stereocenters. The van der Waals surface area contributed by atoms with E-state index >= 15 is 0 Å². The molecule has 2 aromatic rings. The van der Waals surface area contributed by atoms with Gasteiger partial charge in [-0.2, -0.15) is 0 Å². The van der Waals surface area contributed by atoms with Crippen molar-refractivity contribution >= 4 is 48.2 Å². The summed E-state index contributed by atoms with van der Waals surface area (Å²) in [5, 5.41) is 0.765.